The van der Waals surface area contributed by atoms with E-state index < -0.39 is 48.0 Å². The van der Waals surface area contributed by atoms with Crippen molar-refractivity contribution >= 4 is 17.2 Å². The van der Waals surface area contributed by atoms with E-state index in [0.717, 1.165) is 47.9 Å². The Labute approximate surface area is 243 Å². The lowest BCUT2D eigenvalue weighted by molar-refractivity contribution is -0.171. The van der Waals surface area contributed by atoms with E-state index in [1.807, 2.05) is 0 Å². The molecule has 0 bridgehead atoms. The number of aliphatic hydroxyl groups excluding tert-OH is 3. The monoisotopic (exact) mass is 611 g/mol. The van der Waals surface area contributed by atoms with Crippen molar-refractivity contribution in [1.82, 2.24) is 0 Å². The second-order valence-corrected chi connectivity index (χ2v) is 14.3. The van der Waals surface area contributed by atoms with Gasteiger partial charge in [0, 0.05) is 6.54 Å². The molecule has 40 heavy (non-hydrogen) atoms. The van der Waals surface area contributed by atoms with Crippen LogP contribution in [0.3, 0.4) is 0 Å². The Hall–Kier alpha value is -0.320. The fourth-order valence-corrected chi connectivity index (χ4v) is 5.52. The van der Waals surface area contributed by atoms with Crippen LogP contribution < -0.4 is 5.73 Å². The molecule has 0 amide bonds. The number of hydrogen-bond donors (Lipinski definition) is 9. The van der Waals surface area contributed by atoms with Gasteiger partial charge in [-0.3, -0.25) is 0 Å². The molecule has 0 aliphatic heterocycles. The summed E-state index contributed by atoms with van der Waals surface area (Å²) in [5, 5.41) is 44.3. The van der Waals surface area contributed by atoms with E-state index >= 15 is 0 Å². The van der Waals surface area contributed by atoms with E-state index in [4.69, 9.17) is 25.3 Å². The third-order valence-corrected chi connectivity index (χ3v) is 8.69. The number of hydrogen-bond acceptors (Lipinski definition) is 10. The third-order valence-electron chi connectivity index (χ3n) is 7.52. The molecule has 2 unspecified atom stereocenters. The largest absolute Gasteiger partial charge is 0.395 e. The number of rotatable bonds is 14. The van der Waals surface area contributed by atoms with Crippen molar-refractivity contribution in [2.24, 2.45) is 17.1 Å². The predicted octanol–water partition coefficient (Wildman–Crippen LogP) is 3.92. The van der Waals surface area contributed by atoms with Crippen molar-refractivity contribution in [3.05, 3.63) is 34.4 Å². The minimum atomic E-state index is -2.61. The molecule has 0 spiro atoms. The topological polar surface area (TPSA) is 197 Å². The zero-order valence-corrected chi connectivity index (χ0v) is 27.3. The van der Waals surface area contributed by atoms with Gasteiger partial charge in [0.1, 0.15) is 5.60 Å². The first kappa shape index (κ1) is 39.7. The van der Waals surface area contributed by atoms with Crippen LogP contribution in [0.1, 0.15) is 110 Å². The van der Waals surface area contributed by atoms with E-state index in [-0.39, 0.29) is 16.7 Å². The second-order valence-electron chi connectivity index (χ2n) is 12.6. The molecule has 1 aromatic rings. The molecule has 0 saturated heterocycles. The van der Waals surface area contributed by atoms with Gasteiger partial charge < -0.3 is 45.7 Å². The van der Waals surface area contributed by atoms with Gasteiger partial charge in [-0.2, -0.15) is 0 Å². The Bertz CT molecular complexity index is 819. The minimum Gasteiger partial charge on any atom is -0.395 e. The van der Waals surface area contributed by atoms with Crippen molar-refractivity contribution in [3.8, 4) is 0 Å². The van der Waals surface area contributed by atoms with Gasteiger partial charge in [0.05, 0.1) is 25.2 Å². The number of unbranched alkanes of at least 4 members (excludes halogenated alkanes) is 1. The predicted molar refractivity (Wildman–Crippen MR) is 161 cm³/mol. The van der Waals surface area contributed by atoms with Gasteiger partial charge >= 0.3 is 17.2 Å². The van der Waals surface area contributed by atoms with Gasteiger partial charge in [0.15, 0.2) is 0 Å². The van der Waals surface area contributed by atoms with Crippen LogP contribution in [-0.4, -0.2) is 59.8 Å². The highest BCUT2D eigenvalue weighted by atomic mass is 31.2. The molecule has 0 aliphatic carbocycles. The molecule has 0 heterocycles. The summed E-state index contributed by atoms with van der Waals surface area (Å²) >= 11 is 0. The van der Waals surface area contributed by atoms with Crippen molar-refractivity contribution in [1.29, 1.82) is 0 Å². The van der Waals surface area contributed by atoms with Crippen molar-refractivity contribution < 1.29 is 44.3 Å². The SMILES string of the molecule is CCCCC(CC)CC(O)(c1c(C(C)(C)C)cc(CN)cc1C(C)(C)C)C(CO)(CO)CO.OP(O)OP(O)O. The van der Waals surface area contributed by atoms with Gasteiger partial charge in [-0.1, -0.05) is 93.2 Å². The standard InChI is InChI=1S/C28H51NO4.H4O5P2/c1-9-11-12-20(10-2)15-28(33,27(17-30,18-31)19-32)24-22(25(3,4)5)13-21(16-29)14-23(24)26(6,7)8;1-6(2)5-7(3)4/h13-14,20,30-33H,9-12,15-19,29H2,1-8H3;1-4H. The molecule has 10 nitrogen and oxygen atoms in total. The summed E-state index contributed by atoms with van der Waals surface area (Å²) in [6, 6.07) is 4.11. The Morgan fingerprint density at radius 1 is 0.825 bits per heavy atom. The van der Waals surface area contributed by atoms with Crippen LogP contribution in [0.4, 0.5) is 0 Å². The van der Waals surface area contributed by atoms with Gasteiger partial charge in [-0.05, 0) is 45.4 Å². The Kier molecular flexibility index (Phi) is 17.0. The lowest BCUT2D eigenvalue weighted by Gasteiger charge is -2.50. The smallest absolute Gasteiger partial charge is 0.334 e. The Morgan fingerprint density at radius 2 is 1.25 bits per heavy atom. The van der Waals surface area contributed by atoms with Crippen LogP contribution in [0.15, 0.2) is 12.1 Å². The first-order valence-corrected chi connectivity index (χ1v) is 16.1. The molecule has 2 atom stereocenters. The van der Waals surface area contributed by atoms with Gasteiger partial charge in [-0.25, -0.2) is 4.31 Å². The van der Waals surface area contributed by atoms with E-state index in [1.165, 1.54) is 0 Å². The number of benzene rings is 1. The zero-order valence-electron chi connectivity index (χ0n) is 25.6. The van der Waals surface area contributed by atoms with Crippen molar-refractivity contribution in [2.75, 3.05) is 19.8 Å². The average molecular weight is 612 g/mol. The molecule has 0 aliphatic rings. The van der Waals surface area contributed by atoms with Crippen molar-refractivity contribution in [3.63, 3.8) is 0 Å². The molecule has 0 fully saturated rings. The maximum Gasteiger partial charge on any atom is 0.334 e. The third kappa shape index (κ3) is 10.7. The molecule has 1 aromatic carbocycles. The Balaban J connectivity index is 0.00000191. The van der Waals surface area contributed by atoms with E-state index in [1.54, 1.807) is 0 Å². The summed E-state index contributed by atoms with van der Waals surface area (Å²) in [6.07, 6.45) is 4.29. The average Bonchev–Trinajstić information content (AvgIpc) is 2.85. The first-order chi connectivity index (χ1) is 18.3. The fourth-order valence-electron chi connectivity index (χ4n) is 5.00. The molecule has 10 N–H and O–H groups in total. The highest BCUT2D eigenvalue weighted by Gasteiger charge is 2.54. The molecule has 0 radical (unpaired) electrons. The van der Waals surface area contributed by atoms with E-state index in [9.17, 15) is 20.4 Å². The van der Waals surface area contributed by atoms with Crippen LogP contribution in [-0.2, 0) is 27.3 Å². The lowest BCUT2D eigenvalue weighted by Crippen LogP contribution is -2.56. The summed E-state index contributed by atoms with van der Waals surface area (Å²) in [4.78, 5) is 31.3. The van der Waals surface area contributed by atoms with Gasteiger partial charge in [0.2, 0.25) is 0 Å². The van der Waals surface area contributed by atoms with Crippen LogP contribution in [0.2, 0.25) is 0 Å². The van der Waals surface area contributed by atoms with Crippen LogP contribution in [0.25, 0.3) is 0 Å². The molecule has 12 heteroatoms. The molecular formula is C28H55NO9P2. The zero-order chi connectivity index (χ0) is 31.5. The van der Waals surface area contributed by atoms with Gasteiger partial charge in [0.25, 0.3) is 0 Å². The summed E-state index contributed by atoms with van der Waals surface area (Å²) < 4.78 is 3.60. The van der Waals surface area contributed by atoms with E-state index in [0.29, 0.717) is 13.0 Å². The highest BCUT2D eigenvalue weighted by Crippen LogP contribution is 2.51. The number of aliphatic hydroxyl groups is 4. The lowest BCUT2D eigenvalue weighted by atomic mass is 9.59. The summed E-state index contributed by atoms with van der Waals surface area (Å²) in [5.41, 5.74) is 5.91. The van der Waals surface area contributed by atoms with E-state index in [2.05, 4.69) is 71.8 Å². The maximum absolute atomic E-state index is 12.7. The minimum absolute atomic E-state index is 0.189. The second kappa shape index (κ2) is 17.1. The summed E-state index contributed by atoms with van der Waals surface area (Å²) in [6.45, 7) is 15.7. The molecule has 1 rings (SSSR count). The Morgan fingerprint density at radius 3 is 1.50 bits per heavy atom. The molecule has 236 valence electrons. The van der Waals surface area contributed by atoms with Crippen LogP contribution in [0.5, 0.6) is 0 Å². The normalized spacial score (nSPS) is 15.2. The fraction of sp³-hybridized carbons (Fsp3) is 0.786. The molecule has 0 saturated carbocycles. The summed E-state index contributed by atoms with van der Waals surface area (Å²) in [7, 11) is -5.22. The molecular weight excluding hydrogens is 556 g/mol. The van der Waals surface area contributed by atoms with Crippen LogP contribution in [0, 0.1) is 11.3 Å². The maximum atomic E-state index is 12.7. The quantitative estimate of drug-likeness (QED) is 0.139. The van der Waals surface area contributed by atoms with Crippen molar-refractivity contribution in [2.45, 2.75) is 110 Å². The number of nitrogens with two attached hydrogens (primary N) is 1. The van der Waals surface area contributed by atoms with Crippen LogP contribution >= 0.6 is 17.2 Å². The van der Waals surface area contributed by atoms with Gasteiger partial charge in [-0.15, -0.1) is 0 Å². The highest BCUT2D eigenvalue weighted by molar-refractivity contribution is 7.53. The molecule has 0 aromatic heterocycles. The summed E-state index contributed by atoms with van der Waals surface area (Å²) in [5.74, 6) is 0.189. The first-order valence-electron chi connectivity index (χ1n) is 13.8.